The van der Waals surface area contributed by atoms with Gasteiger partial charge in [-0.1, -0.05) is 31.2 Å². The molecule has 0 saturated heterocycles. The van der Waals surface area contributed by atoms with Gasteiger partial charge in [0.05, 0.1) is 6.04 Å². The Balaban J connectivity index is 2.04. The van der Waals surface area contributed by atoms with Crippen molar-refractivity contribution in [2.75, 3.05) is 6.61 Å². The minimum Gasteiger partial charge on any atom is -0.389 e. The largest absolute Gasteiger partial charge is 0.389 e. The molecule has 2 heterocycles. The molecule has 1 aliphatic heterocycles. The van der Waals surface area contributed by atoms with Crippen molar-refractivity contribution in [1.82, 2.24) is 14.8 Å². The van der Waals surface area contributed by atoms with E-state index in [1.807, 2.05) is 25.2 Å². The van der Waals surface area contributed by atoms with Crippen LogP contribution in [0.5, 0.6) is 0 Å². The third-order valence-electron chi connectivity index (χ3n) is 4.50. The van der Waals surface area contributed by atoms with Crippen LogP contribution >= 0.6 is 0 Å². The standard InChI is InChI=1S/C14H16F3N3O3S/c1-13(5-3-2-4-6-13)10-7-9(15)11-18-12(19-20(10)11)24(22,23)14(16,17)8-21/h2-5,9-10,21H,6-8H2,1H3/t9-,10-,13?/m0/s1. The highest BCUT2D eigenvalue weighted by Crippen LogP contribution is 2.49. The first-order valence-electron chi connectivity index (χ1n) is 7.30. The normalized spacial score (nSPS) is 29.9. The number of allylic oxidation sites excluding steroid dienone is 4. The molecular formula is C14H16F3N3O3S. The molecule has 2 aliphatic rings. The number of hydrogen-bond donors (Lipinski definition) is 1. The lowest BCUT2D eigenvalue weighted by Gasteiger charge is -2.33. The molecule has 1 N–H and O–H groups in total. The molecule has 6 nitrogen and oxygen atoms in total. The van der Waals surface area contributed by atoms with E-state index in [0.29, 0.717) is 6.42 Å². The summed E-state index contributed by atoms with van der Waals surface area (Å²) in [6.07, 6.45) is 6.41. The van der Waals surface area contributed by atoms with Gasteiger partial charge in [-0.15, -0.1) is 5.10 Å². The van der Waals surface area contributed by atoms with Crippen LogP contribution in [0.3, 0.4) is 0 Å². The van der Waals surface area contributed by atoms with Gasteiger partial charge in [0.15, 0.2) is 12.0 Å². The second kappa shape index (κ2) is 5.41. The molecule has 0 amide bonds. The average molecular weight is 363 g/mol. The lowest BCUT2D eigenvalue weighted by atomic mass is 9.76. The van der Waals surface area contributed by atoms with E-state index in [9.17, 15) is 21.6 Å². The maximum Gasteiger partial charge on any atom is 0.375 e. The van der Waals surface area contributed by atoms with Crippen LogP contribution in [0.15, 0.2) is 29.5 Å². The monoisotopic (exact) mass is 363 g/mol. The summed E-state index contributed by atoms with van der Waals surface area (Å²) in [4.78, 5) is 3.49. The minimum atomic E-state index is -5.29. The number of halogens is 3. The van der Waals surface area contributed by atoms with Gasteiger partial charge in [-0.3, -0.25) is 0 Å². The van der Waals surface area contributed by atoms with Crippen molar-refractivity contribution >= 4 is 9.84 Å². The SMILES string of the molecule is CC1([C@@H]2C[C@H](F)c3nc(S(=O)(=O)C(F)(F)CO)nn32)C=CC=CC1. The molecule has 3 atom stereocenters. The van der Waals surface area contributed by atoms with Crippen LogP contribution in [-0.2, 0) is 9.84 Å². The van der Waals surface area contributed by atoms with Crippen molar-refractivity contribution in [2.45, 2.75) is 42.4 Å². The van der Waals surface area contributed by atoms with Crippen molar-refractivity contribution in [3.05, 3.63) is 30.1 Å². The van der Waals surface area contributed by atoms with Crippen LogP contribution in [0.2, 0.25) is 0 Å². The zero-order valence-corrected chi connectivity index (χ0v) is 13.5. The van der Waals surface area contributed by atoms with E-state index in [2.05, 4.69) is 10.1 Å². The number of fused-ring (bicyclic) bond motifs is 1. The highest BCUT2D eigenvalue weighted by molar-refractivity contribution is 7.92. The van der Waals surface area contributed by atoms with Gasteiger partial charge in [0.2, 0.25) is 0 Å². The molecule has 0 spiro atoms. The quantitative estimate of drug-likeness (QED) is 0.886. The molecule has 10 heteroatoms. The predicted octanol–water partition coefficient (Wildman–Crippen LogP) is 2.11. The van der Waals surface area contributed by atoms with Gasteiger partial charge in [0, 0.05) is 11.8 Å². The Morgan fingerprint density at radius 2 is 2.17 bits per heavy atom. The second-order valence-electron chi connectivity index (χ2n) is 6.21. The zero-order chi connectivity index (χ0) is 17.8. The number of aromatic nitrogens is 3. The van der Waals surface area contributed by atoms with Gasteiger partial charge in [-0.05, 0) is 6.42 Å². The molecule has 24 heavy (non-hydrogen) atoms. The van der Waals surface area contributed by atoms with Crippen LogP contribution in [0.4, 0.5) is 13.2 Å². The van der Waals surface area contributed by atoms with Gasteiger partial charge < -0.3 is 5.11 Å². The van der Waals surface area contributed by atoms with Crippen LogP contribution in [-0.4, -0.2) is 40.2 Å². The fourth-order valence-electron chi connectivity index (χ4n) is 3.03. The van der Waals surface area contributed by atoms with Crippen molar-refractivity contribution in [3.8, 4) is 0 Å². The molecule has 1 aliphatic carbocycles. The Morgan fingerprint density at radius 1 is 1.46 bits per heavy atom. The molecule has 132 valence electrons. The average Bonchev–Trinajstić information content (AvgIpc) is 3.09. The van der Waals surface area contributed by atoms with E-state index in [1.165, 1.54) is 0 Å². The molecule has 0 saturated carbocycles. The maximum absolute atomic E-state index is 14.3. The van der Waals surface area contributed by atoms with Crippen LogP contribution in [0, 0.1) is 5.41 Å². The van der Waals surface area contributed by atoms with Crippen molar-refractivity contribution in [1.29, 1.82) is 0 Å². The second-order valence-corrected chi connectivity index (χ2v) is 8.18. The summed E-state index contributed by atoms with van der Waals surface area (Å²) in [5, 5.41) is 6.68. The lowest BCUT2D eigenvalue weighted by Crippen LogP contribution is -2.34. The van der Waals surface area contributed by atoms with Crippen molar-refractivity contribution < 1.29 is 26.7 Å². The highest BCUT2D eigenvalue weighted by Gasteiger charge is 2.51. The Kier molecular flexibility index (Phi) is 3.87. The number of nitrogens with zero attached hydrogens (tertiary/aromatic N) is 3. The van der Waals surface area contributed by atoms with E-state index in [4.69, 9.17) is 5.11 Å². The number of hydrogen-bond acceptors (Lipinski definition) is 5. The topological polar surface area (TPSA) is 85.1 Å². The van der Waals surface area contributed by atoms with E-state index >= 15 is 0 Å². The summed E-state index contributed by atoms with van der Waals surface area (Å²) in [6.45, 7) is -0.0371. The smallest absolute Gasteiger partial charge is 0.375 e. The summed E-state index contributed by atoms with van der Waals surface area (Å²) in [7, 11) is -5.29. The van der Waals surface area contributed by atoms with E-state index in [-0.39, 0.29) is 12.2 Å². The maximum atomic E-state index is 14.3. The van der Waals surface area contributed by atoms with Gasteiger partial charge in [-0.2, -0.15) is 13.8 Å². The Hall–Kier alpha value is -1.68. The molecule has 3 rings (SSSR count). The van der Waals surface area contributed by atoms with Crippen LogP contribution in [0.1, 0.15) is 37.8 Å². The lowest BCUT2D eigenvalue weighted by molar-refractivity contribution is 0.0257. The summed E-state index contributed by atoms with van der Waals surface area (Å²) < 4.78 is 66.0. The molecule has 0 aromatic carbocycles. The number of aliphatic hydroxyl groups excluding tert-OH is 1. The molecule has 0 radical (unpaired) electrons. The first-order valence-corrected chi connectivity index (χ1v) is 8.79. The number of alkyl halides is 3. The number of sulfone groups is 1. The van der Waals surface area contributed by atoms with E-state index in [0.717, 1.165) is 4.68 Å². The van der Waals surface area contributed by atoms with Gasteiger partial charge in [-0.25, -0.2) is 17.5 Å². The summed E-state index contributed by atoms with van der Waals surface area (Å²) in [6, 6.07) is -0.539. The van der Waals surface area contributed by atoms with E-state index < -0.39 is 44.5 Å². The predicted molar refractivity (Wildman–Crippen MR) is 77.7 cm³/mol. The van der Waals surface area contributed by atoms with Crippen molar-refractivity contribution in [2.24, 2.45) is 5.41 Å². The zero-order valence-electron chi connectivity index (χ0n) is 12.7. The third-order valence-corrected chi connectivity index (χ3v) is 6.07. The fraction of sp³-hybridized carbons (Fsp3) is 0.571. The van der Waals surface area contributed by atoms with Crippen LogP contribution in [0.25, 0.3) is 0 Å². The summed E-state index contributed by atoms with van der Waals surface area (Å²) >= 11 is 0. The molecule has 0 bridgehead atoms. The van der Waals surface area contributed by atoms with Gasteiger partial charge in [0.25, 0.3) is 15.0 Å². The Bertz CT molecular complexity index is 818. The molecule has 1 aromatic rings. The summed E-state index contributed by atoms with van der Waals surface area (Å²) in [5.74, 6) is -0.281. The molecular weight excluding hydrogens is 347 g/mol. The molecule has 1 unspecified atom stereocenters. The van der Waals surface area contributed by atoms with Gasteiger partial charge >= 0.3 is 5.25 Å². The molecule has 1 aromatic heterocycles. The Labute approximate surface area is 136 Å². The Morgan fingerprint density at radius 3 is 2.75 bits per heavy atom. The van der Waals surface area contributed by atoms with Gasteiger partial charge in [0.1, 0.15) is 6.61 Å². The van der Waals surface area contributed by atoms with Crippen LogP contribution < -0.4 is 0 Å². The van der Waals surface area contributed by atoms with Crippen molar-refractivity contribution in [3.63, 3.8) is 0 Å². The minimum absolute atomic E-state index is 0.0424. The highest BCUT2D eigenvalue weighted by atomic mass is 32.2. The van der Waals surface area contributed by atoms with E-state index in [1.54, 1.807) is 6.08 Å². The first-order chi connectivity index (χ1) is 11.1. The number of rotatable bonds is 4. The summed E-state index contributed by atoms with van der Waals surface area (Å²) in [5.41, 5.74) is -0.529. The molecule has 0 fully saturated rings. The first kappa shape index (κ1) is 17.2. The number of aliphatic hydroxyl groups is 1. The fourth-order valence-corrected chi connectivity index (χ4v) is 3.88. The third kappa shape index (κ3) is 2.39.